The van der Waals surface area contributed by atoms with E-state index in [1.165, 1.54) is 6.33 Å². The van der Waals surface area contributed by atoms with Gasteiger partial charge in [0.15, 0.2) is 0 Å². The molecule has 0 N–H and O–H groups in total. The van der Waals surface area contributed by atoms with E-state index in [-0.39, 0.29) is 4.83 Å². The molecule has 1 aromatic heterocycles. The van der Waals surface area contributed by atoms with Crippen molar-refractivity contribution in [2.75, 3.05) is 38.8 Å². The minimum atomic E-state index is 0.267. The Hall–Kier alpha value is -0.880. The summed E-state index contributed by atoms with van der Waals surface area (Å²) in [4.78, 5) is 10.5. The minimum Gasteiger partial charge on any atom is -0.478 e. The Morgan fingerprint density at radius 2 is 2.24 bits per heavy atom. The van der Waals surface area contributed by atoms with E-state index in [2.05, 4.69) is 25.9 Å². The van der Waals surface area contributed by atoms with Gasteiger partial charge < -0.3 is 14.4 Å². The molecule has 0 fully saturated rings. The fraction of sp³-hybridized carbons (Fsp3) is 0.636. The summed E-state index contributed by atoms with van der Waals surface area (Å²) in [7, 11) is 3.66. The summed E-state index contributed by atoms with van der Waals surface area (Å²) in [6.07, 6.45) is 1.51. The molecule has 6 heteroatoms. The van der Waals surface area contributed by atoms with Crippen molar-refractivity contribution in [2.24, 2.45) is 0 Å². The second-order valence-electron chi connectivity index (χ2n) is 3.58. The van der Waals surface area contributed by atoms with E-state index >= 15 is 0 Å². The summed E-state index contributed by atoms with van der Waals surface area (Å²) in [6.45, 7) is 3.99. The molecule has 0 bridgehead atoms. The quantitative estimate of drug-likeness (QED) is 0.718. The normalized spacial score (nSPS) is 12.2. The standard InChI is InChI=1S/C11H18BrN3O2/c1-4-17-11-5-10(13-8-14-11)15(2)6-9(12)7-16-3/h5,8-9H,4,6-7H2,1-3H3. The monoisotopic (exact) mass is 303 g/mol. The van der Waals surface area contributed by atoms with E-state index in [4.69, 9.17) is 9.47 Å². The van der Waals surface area contributed by atoms with E-state index in [1.807, 2.05) is 24.9 Å². The van der Waals surface area contributed by atoms with Crippen molar-refractivity contribution in [1.82, 2.24) is 9.97 Å². The number of hydrogen-bond donors (Lipinski definition) is 0. The molecule has 1 atom stereocenters. The van der Waals surface area contributed by atoms with Gasteiger partial charge in [-0.05, 0) is 6.92 Å². The number of nitrogens with zero attached hydrogens (tertiary/aromatic N) is 3. The number of alkyl halides is 1. The van der Waals surface area contributed by atoms with E-state index in [1.54, 1.807) is 7.11 Å². The maximum atomic E-state index is 5.33. The number of halogens is 1. The van der Waals surface area contributed by atoms with Gasteiger partial charge >= 0.3 is 0 Å². The SMILES string of the molecule is CCOc1cc(N(C)CC(Br)COC)ncn1. The summed E-state index contributed by atoms with van der Waals surface area (Å²) in [5.74, 6) is 1.44. The minimum absolute atomic E-state index is 0.267. The zero-order valence-corrected chi connectivity index (χ0v) is 12.0. The average Bonchev–Trinajstić information content (AvgIpc) is 2.30. The van der Waals surface area contributed by atoms with Gasteiger partial charge in [0, 0.05) is 26.8 Å². The number of rotatable bonds is 7. The van der Waals surface area contributed by atoms with Crippen LogP contribution in [-0.2, 0) is 4.74 Å². The Bertz CT molecular complexity index is 338. The van der Waals surface area contributed by atoms with Crippen LogP contribution in [0.2, 0.25) is 0 Å². The summed E-state index contributed by atoms with van der Waals surface area (Å²) < 4.78 is 10.4. The Kier molecular flexibility index (Phi) is 6.21. The smallest absolute Gasteiger partial charge is 0.218 e. The van der Waals surface area contributed by atoms with Crippen LogP contribution < -0.4 is 9.64 Å². The lowest BCUT2D eigenvalue weighted by Crippen LogP contribution is -2.28. The summed E-state index contributed by atoms with van der Waals surface area (Å²) >= 11 is 3.54. The molecule has 96 valence electrons. The van der Waals surface area contributed by atoms with Crippen molar-refractivity contribution in [1.29, 1.82) is 0 Å². The van der Waals surface area contributed by atoms with Gasteiger partial charge in [-0.3, -0.25) is 0 Å². The molecule has 5 nitrogen and oxygen atoms in total. The third kappa shape index (κ3) is 4.87. The molecule has 0 amide bonds. The van der Waals surface area contributed by atoms with E-state index in [0.29, 0.717) is 19.1 Å². The summed E-state index contributed by atoms with van der Waals surface area (Å²) in [5.41, 5.74) is 0. The lowest BCUT2D eigenvalue weighted by Gasteiger charge is -2.21. The van der Waals surface area contributed by atoms with Crippen LogP contribution in [0, 0.1) is 0 Å². The predicted octanol–water partition coefficient (Wildman–Crippen LogP) is 1.72. The van der Waals surface area contributed by atoms with Crippen LogP contribution >= 0.6 is 15.9 Å². The number of anilines is 1. The topological polar surface area (TPSA) is 47.5 Å². The van der Waals surface area contributed by atoms with Crippen LogP contribution in [-0.4, -0.2) is 48.7 Å². The highest BCUT2D eigenvalue weighted by molar-refractivity contribution is 9.09. The molecular formula is C11H18BrN3O2. The Labute approximate surface area is 110 Å². The highest BCUT2D eigenvalue weighted by atomic mass is 79.9. The first-order valence-corrected chi connectivity index (χ1v) is 6.38. The van der Waals surface area contributed by atoms with Crippen LogP contribution in [0.25, 0.3) is 0 Å². The zero-order chi connectivity index (χ0) is 12.7. The first kappa shape index (κ1) is 14.2. The number of ether oxygens (including phenoxy) is 2. The average molecular weight is 304 g/mol. The Morgan fingerprint density at radius 1 is 1.47 bits per heavy atom. The van der Waals surface area contributed by atoms with Crippen molar-refractivity contribution in [3.8, 4) is 5.88 Å². The molecule has 1 aromatic rings. The van der Waals surface area contributed by atoms with Gasteiger partial charge in [0.1, 0.15) is 12.1 Å². The highest BCUT2D eigenvalue weighted by Crippen LogP contribution is 2.15. The van der Waals surface area contributed by atoms with Crippen molar-refractivity contribution >= 4 is 21.7 Å². The molecular weight excluding hydrogens is 286 g/mol. The molecule has 0 aliphatic heterocycles. The summed E-state index contributed by atoms with van der Waals surface area (Å²) in [6, 6.07) is 1.83. The van der Waals surface area contributed by atoms with E-state index < -0.39 is 0 Å². The van der Waals surface area contributed by atoms with Gasteiger partial charge in [-0.15, -0.1) is 0 Å². The molecule has 0 aliphatic rings. The van der Waals surface area contributed by atoms with Crippen molar-refractivity contribution in [3.63, 3.8) is 0 Å². The molecule has 1 unspecified atom stereocenters. The number of methoxy groups -OCH3 is 1. The first-order chi connectivity index (χ1) is 8.17. The maximum absolute atomic E-state index is 5.33. The second kappa shape index (κ2) is 7.45. The highest BCUT2D eigenvalue weighted by Gasteiger charge is 2.10. The van der Waals surface area contributed by atoms with Gasteiger partial charge in [0.25, 0.3) is 0 Å². The maximum Gasteiger partial charge on any atom is 0.218 e. The Morgan fingerprint density at radius 3 is 2.88 bits per heavy atom. The fourth-order valence-corrected chi connectivity index (χ4v) is 2.09. The van der Waals surface area contributed by atoms with Crippen LogP contribution in [0.4, 0.5) is 5.82 Å². The third-order valence-corrected chi connectivity index (χ3v) is 2.68. The van der Waals surface area contributed by atoms with Gasteiger partial charge in [0.2, 0.25) is 5.88 Å². The molecule has 0 spiro atoms. The van der Waals surface area contributed by atoms with Crippen LogP contribution in [0.5, 0.6) is 5.88 Å². The molecule has 17 heavy (non-hydrogen) atoms. The number of hydrogen-bond acceptors (Lipinski definition) is 5. The molecule has 0 aromatic carbocycles. The molecule has 0 radical (unpaired) electrons. The van der Waals surface area contributed by atoms with Crippen molar-refractivity contribution in [3.05, 3.63) is 12.4 Å². The van der Waals surface area contributed by atoms with E-state index in [0.717, 1.165) is 12.4 Å². The lowest BCUT2D eigenvalue weighted by molar-refractivity contribution is 0.201. The van der Waals surface area contributed by atoms with Crippen LogP contribution in [0.3, 0.4) is 0 Å². The van der Waals surface area contributed by atoms with Gasteiger partial charge in [-0.2, -0.15) is 0 Å². The first-order valence-electron chi connectivity index (χ1n) is 5.46. The van der Waals surface area contributed by atoms with E-state index in [9.17, 15) is 0 Å². The van der Waals surface area contributed by atoms with Crippen LogP contribution in [0.15, 0.2) is 12.4 Å². The molecule has 0 saturated heterocycles. The van der Waals surface area contributed by atoms with Gasteiger partial charge in [-0.25, -0.2) is 9.97 Å². The molecule has 1 heterocycles. The van der Waals surface area contributed by atoms with Gasteiger partial charge in [0.05, 0.1) is 18.0 Å². The Balaban J connectivity index is 2.61. The molecule has 0 saturated carbocycles. The van der Waals surface area contributed by atoms with Gasteiger partial charge in [-0.1, -0.05) is 15.9 Å². The zero-order valence-electron chi connectivity index (χ0n) is 10.4. The van der Waals surface area contributed by atoms with Crippen LogP contribution in [0.1, 0.15) is 6.92 Å². The molecule has 0 aliphatic carbocycles. The molecule has 1 rings (SSSR count). The number of aromatic nitrogens is 2. The lowest BCUT2D eigenvalue weighted by atomic mass is 10.4. The third-order valence-electron chi connectivity index (χ3n) is 2.13. The summed E-state index contributed by atoms with van der Waals surface area (Å²) in [5, 5.41) is 0. The predicted molar refractivity (Wildman–Crippen MR) is 71.1 cm³/mol. The second-order valence-corrected chi connectivity index (χ2v) is 4.88. The largest absolute Gasteiger partial charge is 0.478 e. The van der Waals surface area contributed by atoms with Crippen molar-refractivity contribution in [2.45, 2.75) is 11.8 Å². The van der Waals surface area contributed by atoms with Crippen molar-refractivity contribution < 1.29 is 9.47 Å². The fourth-order valence-electron chi connectivity index (χ4n) is 1.39.